The van der Waals surface area contributed by atoms with E-state index in [4.69, 9.17) is 9.47 Å². The third kappa shape index (κ3) is 3.34. The van der Waals surface area contributed by atoms with Crippen LogP contribution in [0.15, 0.2) is 46.9 Å². The zero-order chi connectivity index (χ0) is 16.4. The molecule has 0 spiro atoms. The minimum absolute atomic E-state index is 0.0766. The van der Waals surface area contributed by atoms with Crippen LogP contribution in [0.2, 0.25) is 0 Å². The lowest BCUT2D eigenvalue weighted by molar-refractivity contribution is -0.120. The average Bonchev–Trinajstić information content (AvgIpc) is 2.54. The molecule has 1 amide bonds. The second-order valence-corrected chi connectivity index (χ2v) is 6.86. The van der Waals surface area contributed by atoms with Gasteiger partial charge in [0.25, 0.3) is 0 Å². The van der Waals surface area contributed by atoms with Gasteiger partial charge in [0, 0.05) is 10.2 Å². The van der Waals surface area contributed by atoms with Crippen LogP contribution in [0.5, 0.6) is 11.5 Å². The lowest BCUT2D eigenvalue weighted by atomic mass is 9.83. The molecule has 0 unspecified atom stereocenters. The minimum atomic E-state index is -0.696. The van der Waals surface area contributed by atoms with E-state index in [2.05, 4.69) is 21.2 Å². The van der Waals surface area contributed by atoms with E-state index in [-0.39, 0.29) is 5.91 Å². The summed E-state index contributed by atoms with van der Waals surface area (Å²) in [6.07, 6.45) is 0. The Hall–Kier alpha value is -2.01. The molecule has 5 heteroatoms. The summed E-state index contributed by atoms with van der Waals surface area (Å²) in [6.45, 7) is 4.87. The number of anilines is 1. The lowest BCUT2D eigenvalue weighted by Gasteiger charge is -2.26. The topological polar surface area (TPSA) is 47.6 Å². The van der Waals surface area contributed by atoms with Gasteiger partial charge in [-0.2, -0.15) is 0 Å². The van der Waals surface area contributed by atoms with Gasteiger partial charge in [0.1, 0.15) is 13.2 Å². The standard InChI is InChI=1S/C18H18BrNO3/c1-18(2,17(21)20-14-5-3-4-13(19)11-14)12-6-7-15-16(10-12)23-9-8-22-15/h3-7,10-11H,8-9H2,1-2H3,(H,20,21). The van der Waals surface area contributed by atoms with Crippen molar-refractivity contribution in [3.8, 4) is 11.5 Å². The molecule has 1 aliphatic heterocycles. The van der Waals surface area contributed by atoms with E-state index >= 15 is 0 Å². The number of amides is 1. The van der Waals surface area contributed by atoms with Crippen LogP contribution in [0.1, 0.15) is 19.4 Å². The maximum Gasteiger partial charge on any atom is 0.234 e. The Labute approximate surface area is 143 Å². The highest BCUT2D eigenvalue weighted by Crippen LogP contribution is 2.35. The molecule has 1 heterocycles. The first-order chi connectivity index (χ1) is 11.0. The molecule has 0 aromatic heterocycles. The van der Waals surface area contributed by atoms with Gasteiger partial charge >= 0.3 is 0 Å². The first kappa shape index (κ1) is 15.9. The zero-order valence-corrected chi connectivity index (χ0v) is 14.6. The molecule has 0 fully saturated rings. The van der Waals surface area contributed by atoms with E-state index in [0.717, 1.165) is 21.5 Å². The second kappa shape index (κ2) is 6.24. The van der Waals surface area contributed by atoms with E-state index in [1.807, 2.05) is 56.3 Å². The van der Waals surface area contributed by atoms with E-state index in [0.29, 0.717) is 19.0 Å². The van der Waals surface area contributed by atoms with Crippen LogP contribution in [0.3, 0.4) is 0 Å². The highest BCUT2D eigenvalue weighted by atomic mass is 79.9. The number of ether oxygens (including phenoxy) is 2. The summed E-state index contributed by atoms with van der Waals surface area (Å²) in [7, 11) is 0. The van der Waals surface area contributed by atoms with Crippen molar-refractivity contribution in [2.45, 2.75) is 19.3 Å². The molecule has 4 nitrogen and oxygen atoms in total. The molecular formula is C18H18BrNO3. The van der Waals surface area contributed by atoms with Crippen molar-refractivity contribution < 1.29 is 14.3 Å². The summed E-state index contributed by atoms with van der Waals surface area (Å²) in [5.74, 6) is 1.34. The van der Waals surface area contributed by atoms with Crippen molar-refractivity contribution in [3.63, 3.8) is 0 Å². The maximum atomic E-state index is 12.7. The van der Waals surface area contributed by atoms with Gasteiger partial charge < -0.3 is 14.8 Å². The number of nitrogens with one attached hydrogen (secondary N) is 1. The van der Waals surface area contributed by atoms with E-state index in [9.17, 15) is 4.79 Å². The first-order valence-corrected chi connectivity index (χ1v) is 8.23. The molecule has 2 aromatic rings. The quantitative estimate of drug-likeness (QED) is 0.876. The van der Waals surface area contributed by atoms with Crippen molar-refractivity contribution >= 4 is 27.5 Å². The lowest BCUT2D eigenvalue weighted by Crippen LogP contribution is -2.34. The van der Waals surface area contributed by atoms with Gasteiger partial charge in [-0.25, -0.2) is 0 Å². The number of hydrogen-bond acceptors (Lipinski definition) is 3. The Balaban J connectivity index is 1.84. The first-order valence-electron chi connectivity index (χ1n) is 7.44. The van der Waals surface area contributed by atoms with Gasteiger partial charge in [0.2, 0.25) is 5.91 Å². The molecule has 0 radical (unpaired) electrons. The van der Waals surface area contributed by atoms with E-state index < -0.39 is 5.41 Å². The second-order valence-electron chi connectivity index (χ2n) is 5.95. The van der Waals surface area contributed by atoms with Crippen LogP contribution in [-0.4, -0.2) is 19.1 Å². The Morgan fingerprint density at radius 3 is 2.57 bits per heavy atom. The summed E-state index contributed by atoms with van der Waals surface area (Å²) >= 11 is 3.41. The predicted octanol–water partition coefficient (Wildman–Crippen LogP) is 4.14. The fraction of sp³-hybridized carbons (Fsp3) is 0.278. The van der Waals surface area contributed by atoms with Crippen molar-refractivity contribution in [3.05, 3.63) is 52.5 Å². The van der Waals surface area contributed by atoms with Gasteiger partial charge in [-0.1, -0.05) is 28.1 Å². The SMILES string of the molecule is CC(C)(C(=O)Nc1cccc(Br)c1)c1ccc2c(c1)OCCO2. The molecule has 23 heavy (non-hydrogen) atoms. The molecule has 2 aromatic carbocycles. The molecule has 0 bridgehead atoms. The molecule has 0 saturated heterocycles. The summed E-state index contributed by atoms with van der Waals surface area (Å²) < 4.78 is 12.1. The van der Waals surface area contributed by atoms with E-state index in [1.165, 1.54) is 0 Å². The fourth-order valence-corrected chi connectivity index (χ4v) is 2.82. The molecule has 3 rings (SSSR count). The zero-order valence-electron chi connectivity index (χ0n) is 13.1. The van der Waals surface area contributed by atoms with Crippen molar-refractivity contribution in [1.29, 1.82) is 0 Å². The number of rotatable bonds is 3. The molecule has 0 saturated carbocycles. The highest BCUT2D eigenvalue weighted by Gasteiger charge is 2.31. The Morgan fingerprint density at radius 2 is 1.83 bits per heavy atom. The third-order valence-electron chi connectivity index (χ3n) is 3.91. The summed E-state index contributed by atoms with van der Waals surface area (Å²) in [6, 6.07) is 13.2. The largest absolute Gasteiger partial charge is 0.486 e. The molecule has 1 N–H and O–H groups in total. The third-order valence-corrected chi connectivity index (χ3v) is 4.41. The predicted molar refractivity (Wildman–Crippen MR) is 93.2 cm³/mol. The summed E-state index contributed by atoms with van der Waals surface area (Å²) in [5.41, 5.74) is 0.947. The molecule has 0 aliphatic carbocycles. The van der Waals surface area contributed by atoms with Crippen molar-refractivity contribution in [1.82, 2.24) is 0 Å². The molecular weight excluding hydrogens is 358 g/mol. The number of hydrogen-bond donors (Lipinski definition) is 1. The Kier molecular flexibility index (Phi) is 4.31. The van der Waals surface area contributed by atoms with Crippen LogP contribution in [0.25, 0.3) is 0 Å². The van der Waals surface area contributed by atoms with E-state index in [1.54, 1.807) is 0 Å². The van der Waals surface area contributed by atoms with Gasteiger partial charge in [0.05, 0.1) is 5.41 Å². The van der Waals surface area contributed by atoms with Gasteiger partial charge in [-0.3, -0.25) is 4.79 Å². The average molecular weight is 376 g/mol. The number of halogens is 1. The molecule has 1 aliphatic rings. The van der Waals surface area contributed by atoms with Crippen LogP contribution >= 0.6 is 15.9 Å². The highest BCUT2D eigenvalue weighted by molar-refractivity contribution is 9.10. The monoisotopic (exact) mass is 375 g/mol. The number of benzene rings is 2. The number of fused-ring (bicyclic) bond motifs is 1. The van der Waals surface area contributed by atoms with Gasteiger partial charge in [0.15, 0.2) is 11.5 Å². The van der Waals surface area contributed by atoms with Crippen LogP contribution < -0.4 is 14.8 Å². The van der Waals surface area contributed by atoms with Crippen LogP contribution in [0, 0.1) is 0 Å². The molecule has 0 atom stereocenters. The van der Waals surface area contributed by atoms with Crippen LogP contribution in [0.4, 0.5) is 5.69 Å². The minimum Gasteiger partial charge on any atom is -0.486 e. The van der Waals surface area contributed by atoms with Gasteiger partial charge in [-0.15, -0.1) is 0 Å². The smallest absolute Gasteiger partial charge is 0.234 e. The van der Waals surface area contributed by atoms with Crippen molar-refractivity contribution in [2.75, 3.05) is 18.5 Å². The Bertz CT molecular complexity index is 743. The van der Waals surface area contributed by atoms with Crippen molar-refractivity contribution in [2.24, 2.45) is 0 Å². The molecule has 120 valence electrons. The summed E-state index contributed by atoms with van der Waals surface area (Å²) in [5, 5.41) is 2.96. The number of carbonyl (C=O) groups is 1. The fourth-order valence-electron chi connectivity index (χ4n) is 2.42. The van der Waals surface area contributed by atoms with Gasteiger partial charge in [-0.05, 0) is 49.7 Å². The number of carbonyl (C=O) groups excluding carboxylic acids is 1. The Morgan fingerprint density at radius 1 is 1.09 bits per heavy atom. The summed E-state index contributed by atoms with van der Waals surface area (Å²) in [4.78, 5) is 12.7. The normalized spacial score (nSPS) is 13.5. The maximum absolute atomic E-state index is 12.7. The van der Waals surface area contributed by atoms with Crippen LogP contribution in [-0.2, 0) is 10.2 Å².